The number of para-hydroxylation sites is 1. The first kappa shape index (κ1) is 20.3. The van der Waals surface area contributed by atoms with E-state index in [0.29, 0.717) is 19.6 Å². The van der Waals surface area contributed by atoms with Gasteiger partial charge >= 0.3 is 0 Å². The third kappa shape index (κ3) is 4.60. The van der Waals surface area contributed by atoms with E-state index in [0.717, 1.165) is 28.0 Å². The van der Waals surface area contributed by atoms with Gasteiger partial charge in [0.2, 0.25) is 5.91 Å². The van der Waals surface area contributed by atoms with Crippen LogP contribution in [-0.4, -0.2) is 47.4 Å². The number of carbonyl (C=O) groups is 1. The van der Waals surface area contributed by atoms with Crippen molar-refractivity contribution >= 4 is 34.4 Å². The lowest BCUT2D eigenvalue weighted by Crippen LogP contribution is -2.43. The number of anilines is 1. The van der Waals surface area contributed by atoms with Crippen LogP contribution < -0.4 is 20.7 Å². The van der Waals surface area contributed by atoms with Crippen LogP contribution in [0.1, 0.15) is 5.56 Å². The Kier molecular flexibility index (Phi) is 6.56. The second-order valence-corrected chi connectivity index (χ2v) is 7.99. The fraction of sp³-hybridized carbons (Fsp3) is 0.273. The van der Waals surface area contributed by atoms with Gasteiger partial charge in [-0.3, -0.25) is 4.79 Å². The maximum absolute atomic E-state index is 12.7. The molecule has 156 valence electrons. The summed E-state index contributed by atoms with van der Waals surface area (Å²) in [4.78, 5) is 20.1. The average molecular weight is 424 g/mol. The Hall–Kier alpha value is -2.97. The number of fused-ring (bicyclic) bond motifs is 1. The first-order chi connectivity index (χ1) is 14.8. The number of carbonyl (C=O) groups excluding carboxylic acids is 1. The van der Waals surface area contributed by atoms with Crippen molar-refractivity contribution in [2.45, 2.75) is 17.8 Å². The van der Waals surface area contributed by atoms with Crippen LogP contribution in [0, 0.1) is 0 Å². The summed E-state index contributed by atoms with van der Waals surface area (Å²) in [5.74, 6) is 0.894. The monoisotopic (exact) mass is 423 g/mol. The third-order valence-corrected chi connectivity index (χ3v) is 6.10. The molecule has 1 amide bonds. The first-order valence-electron chi connectivity index (χ1n) is 9.87. The summed E-state index contributed by atoms with van der Waals surface area (Å²) in [6.07, 6.45) is 5.66. The van der Waals surface area contributed by atoms with E-state index >= 15 is 0 Å². The normalized spacial score (nSPS) is 17.9. The number of methoxy groups -OCH3 is 1. The number of H-pyrrole nitrogens is 1. The van der Waals surface area contributed by atoms with Gasteiger partial charge in [-0.05, 0) is 23.6 Å². The predicted octanol–water partition coefficient (Wildman–Crippen LogP) is 2.89. The molecule has 1 aliphatic rings. The minimum absolute atomic E-state index is 0.0287. The Bertz CT molecular complexity index is 1040. The van der Waals surface area contributed by atoms with Crippen molar-refractivity contribution in [1.29, 1.82) is 0 Å². The number of aromatic amines is 1. The van der Waals surface area contributed by atoms with Gasteiger partial charge in [0.1, 0.15) is 16.6 Å². The lowest BCUT2D eigenvalue weighted by molar-refractivity contribution is -0.120. The Morgan fingerprint density at radius 1 is 1.23 bits per heavy atom. The van der Waals surface area contributed by atoms with Crippen LogP contribution in [0.25, 0.3) is 11.0 Å². The number of benzene rings is 1. The largest absolute Gasteiger partial charge is 0.496 e. The van der Waals surface area contributed by atoms with Gasteiger partial charge in [0.05, 0.1) is 13.2 Å². The highest BCUT2D eigenvalue weighted by atomic mass is 32.2. The molecule has 0 fully saturated rings. The van der Waals surface area contributed by atoms with E-state index in [1.54, 1.807) is 13.3 Å². The van der Waals surface area contributed by atoms with Gasteiger partial charge < -0.3 is 25.7 Å². The minimum atomic E-state index is -0.207. The van der Waals surface area contributed by atoms with E-state index in [9.17, 15) is 4.79 Å². The minimum Gasteiger partial charge on any atom is -0.496 e. The molecule has 0 saturated carbocycles. The summed E-state index contributed by atoms with van der Waals surface area (Å²) in [5, 5.41) is 12.7. The molecule has 0 aliphatic carbocycles. The Labute approximate surface area is 179 Å². The fourth-order valence-corrected chi connectivity index (χ4v) is 4.43. The van der Waals surface area contributed by atoms with E-state index in [2.05, 4.69) is 25.9 Å². The summed E-state index contributed by atoms with van der Waals surface area (Å²) >= 11 is 1.54. The molecule has 0 radical (unpaired) electrons. The number of nitrogens with one attached hydrogen (secondary N) is 4. The first-order valence-corrected chi connectivity index (χ1v) is 10.8. The van der Waals surface area contributed by atoms with E-state index < -0.39 is 0 Å². The second-order valence-electron chi connectivity index (χ2n) is 6.93. The molecule has 3 aromatic rings. The quantitative estimate of drug-likeness (QED) is 0.396. The number of aromatic nitrogens is 2. The maximum Gasteiger partial charge on any atom is 0.235 e. The third-order valence-electron chi connectivity index (χ3n) is 4.99. The standard InChI is InChI=1S/C22H25N5O2S/c1-29-19-5-3-2-4-15(19)14-23-11-12-26-22(28)20-18(8-13-30-20)27-17-7-10-25-21-16(17)6-9-24-21/h2-10,13,18,20,23H,11-12,14H2,1H3,(H,26,28)(H2,24,25,27). The Balaban J connectivity index is 1.25. The molecule has 1 aromatic carbocycles. The molecular weight excluding hydrogens is 398 g/mol. The Morgan fingerprint density at radius 3 is 3.03 bits per heavy atom. The molecule has 7 nitrogen and oxygen atoms in total. The van der Waals surface area contributed by atoms with Gasteiger partial charge in [0.25, 0.3) is 0 Å². The lowest BCUT2D eigenvalue weighted by Gasteiger charge is -2.21. The summed E-state index contributed by atoms with van der Waals surface area (Å²) in [6.45, 7) is 1.94. The number of hydrogen-bond acceptors (Lipinski definition) is 6. The zero-order valence-electron chi connectivity index (χ0n) is 16.7. The van der Waals surface area contributed by atoms with Crippen molar-refractivity contribution in [2.24, 2.45) is 0 Å². The highest BCUT2D eigenvalue weighted by Gasteiger charge is 2.30. The van der Waals surface area contributed by atoms with Crippen LogP contribution in [0.2, 0.25) is 0 Å². The summed E-state index contributed by atoms with van der Waals surface area (Å²) in [5.41, 5.74) is 2.89. The van der Waals surface area contributed by atoms with Crippen LogP contribution >= 0.6 is 11.8 Å². The molecule has 2 atom stereocenters. The number of thioether (sulfide) groups is 1. The van der Waals surface area contributed by atoms with Gasteiger partial charge in [-0.1, -0.05) is 24.3 Å². The molecule has 8 heteroatoms. The lowest BCUT2D eigenvalue weighted by atomic mass is 10.1. The number of ether oxygens (including phenoxy) is 1. The molecule has 0 spiro atoms. The highest BCUT2D eigenvalue weighted by Crippen LogP contribution is 2.29. The zero-order valence-corrected chi connectivity index (χ0v) is 17.5. The van der Waals surface area contributed by atoms with Gasteiger partial charge in [0, 0.05) is 48.7 Å². The van der Waals surface area contributed by atoms with Crippen molar-refractivity contribution in [1.82, 2.24) is 20.6 Å². The van der Waals surface area contributed by atoms with Gasteiger partial charge in [-0.15, -0.1) is 11.8 Å². The molecule has 4 rings (SSSR count). The van der Waals surface area contributed by atoms with Crippen LogP contribution in [-0.2, 0) is 11.3 Å². The average Bonchev–Trinajstić information content (AvgIpc) is 3.43. The predicted molar refractivity (Wildman–Crippen MR) is 122 cm³/mol. The molecule has 30 heavy (non-hydrogen) atoms. The summed E-state index contributed by atoms with van der Waals surface area (Å²) < 4.78 is 5.36. The number of nitrogens with zero attached hydrogens (tertiary/aromatic N) is 1. The van der Waals surface area contributed by atoms with Crippen LogP contribution in [0.5, 0.6) is 5.75 Å². The second kappa shape index (κ2) is 9.69. The highest BCUT2D eigenvalue weighted by molar-refractivity contribution is 8.03. The molecule has 0 saturated heterocycles. The van der Waals surface area contributed by atoms with Crippen LogP contribution in [0.15, 0.2) is 60.3 Å². The molecule has 4 N–H and O–H groups in total. The summed E-state index contributed by atoms with van der Waals surface area (Å²) in [6, 6.07) is 11.8. The SMILES string of the molecule is COc1ccccc1CNCCNC(=O)C1SC=CC1Nc1ccnc2[nH]ccc12. The molecule has 1 aliphatic heterocycles. The fourth-order valence-electron chi connectivity index (χ4n) is 3.46. The maximum atomic E-state index is 12.7. The number of pyridine rings is 1. The van der Waals surface area contributed by atoms with Crippen molar-refractivity contribution in [2.75, 3.05) is 25.5 Å². The van der Waals surface area contributed by atoms with Gasteiger partial charge in [0.15, 0.2) is 0 Å². The number of amides is 1. The van der Waals surface area contributed by atoms with Crippen molar-refractivity contribution in [3.63, 3.8) is 0 Å². The molecule has 0 bridgehead atoms. The van der Waals surface area contributed by atoms with E-state index in [-0.39, 0.29) is 17.2 Å². The van der Waals surface area contributed by atoms with Crippen LogP contribution in [0.3, 0.4) is 0 Å². The Morgan fingerprint density at radius 2 is 2.13 bits per heavy atom. The van der Waals surface area contributed by atoms with Crippen molar-refractivity contribution < 1.29 is 9.53 Å². The molecule has 2 aromatic heterocycles. The van der Waals surface area contributed by atoms with E-state index in [4.69, 9.17) is 4.74 Å². The van der Waals surface area contributed by atoms with Crippen molar-refractivity contribution in [3.05, 3.63) is 65.8 Å². The van der Waals surface area contributed by atoms with Gasteiger partial charge in [-0.25, -0.2) is 4.98 Å². The zero-order chi connectivity index (χ0) is 20.8. The smallest absolute Gasteiger partial charge is 0.235 e. The molecular formula is C22H25N5O2S. The van der Waals surface area contributed by atoms with Crippen molar-refractivity contribution in [3.8, 4) is 5.75 Å². The summed E-state index contributed by atoms with van der Waals surface area (Å²) in [7, 11) is 1.67. The number of hydrogen-bond donors (Lipinski definition) is 4. The number of rotatable bonds is 9. The van der Waals surface area contributed by atoms with E-state index in [1.165, 1.54) is 11.8 Å². The van der Waals surface area contributed by atoms with E-state index in [1.807, 2.05) is 54.1 Å². The van der Waals surface area contributed by atoms with Crippen LogP contribution in [0.4, 0.5) is 5.69 Å². The molecule has 2 unspecified atom stereocenters. The topological polar surface area (TPSA) is 91.1 Å². The van der Waals surface area contributed by atoms with Gasteiger partial charge in [-0.2, -0.15) is 0 Å². The molecule has 3 heterocycles.